The van der Waals surface area contributed by atoms with Crippen LogP contribution >= 0.6 is 0 Å². The highest BCUT2D eigenvalue weighted by Gasteiger charge is 2.12. The maximum atomic E-state index is 13.8. The van der Waals surface area contributed by atoms with Gasteiger partial charge in [-0.3, -0.25) is 4.79 Å². The van der Waals surface area contributed by atoms with Crippen molar-refractivity contribution >= 4 is 5.91 Å². The van der Waals surface area contributed by atoms with Gasteiger partial charge in [-0.25, -0.2) is 4.39 Å². The van der Waals surface area contributed by atoms with Crippen LogP contribution in [-0.4, -0.2) is 26.7 Å². The summed E-state index contributed by atoms with van der Waals surface area (Å²) in [4.78, 5) is 12.1. The zero-order valence-electron chi connectivity index (χ0n) is 13.5. The van der Waals surface area contributed by atoms with Crippen LogP contribution in [0.5, 0.6) is 11.5 Å². The number of ether oxygens (including phenoxy) is 2. The summed E-state index contributed by atoms with van der Waals surface area (Å²) in [7, 11) is 3.06. The van der Waals surface area contributed by atoms with Crippen LogP contribution < -0.4 is 14.8 Å². The summed E-state index contributed by atoms with van der Waals surface area (Å²) in [6.45, 7) is 2.39. The third-order valence-corrected chi connectivity index (χ3v) is 3.54. The first kappa shape index (κ1) is 16.8. The van der Waals surface area contributed by atoms with Crippen LogP contribution in [0.15, 0.2) is 36.4 Å². The van der Waals surface area contributed by atoms with Crippen molar-refractivity contribution in [3.8, 4) is 11.5 Å². The fraction of sp³-hybridized carbons (Fsp3) is 0.278. The smallest absolute Gasteiger partial charge is 0.254 e. The fourth-order valence-electron chi connectivity index (χ4n) is 2.32. The van der Waals surface area contributed by atoms with Crippen LogP contribution in [0.1, 0.15) is 21.5 Å². The summed E-state index contributed by atoms with van der Waals surface area (Å²) in [5.41, 5.74) is 2.12. The molecule has 0 aliphatic rings. The Hall–Kier alpha value is -2.56. The van der Waals surface area contributed by atoms with E-state index in [-0.39, 0.29) is 5.56 Å². The first-order chi connectivity index (χ1) is 11.0. The summed E-state index contributed by atoms with van der Waals surface area (Å²) in [6, 6.07) is 10.0. The molecule has 0 spiro atoms. The van der Waals surface area contributed by atoms with Gasteiger partial charge in [0.25, 0.3) is 5.91 Å². The molecule has 0 aromatic heterocycles. The molecule has 0 saturated heterocycles. The molecule has 0 atom stereocenters. The SMILES string of the molecule is COc1ccc(C(=O)NCCc2cc(C)ccc2OC)c(F)c1. The second-order valence-corrected chi connectivity index (χ2v) is 5.17. The molecule has 0 heterocycles. The molecule has 0 fully saturated rings. The quantitative estimate of drug-likeness (QED) is 0.890. The van der Waals surface area contributed by atoms with Gasteiger partial charge in [-0.1, -0.05) is 17.7 Å². The lowest BCUT2D eigenvalue weighted by Gasteiger charge is -2.11. The van der Waals surface area contributed by atoms with E-state index in [1.54, 1.807) is 13.2 Å². The Kier molecular flexibility index (Phi) is 5.57. The second kappa shape index (κ2) is 7.63. The Bertz CT molecular complexity index is 701. The normalized spacial score (nSPS) is 10.3. The van der Waals surface area contributed by atoms with E-state index in [4.69, 9.17) is 9.47 Å². The molecule has 4 nitrogen and oxygen atoms in total. The van der Waals surface area contributed by atoms with Crippen LogP contribution in [0, 0.1) is 12.7 Å². The van der Waals surface area contributed by atoms with Crippen LogP contribution in [-0.2, 0) is 6.42 Å². The van der Waals surface area contributed by atoms with Gasteiger partial charge in [-0.2, -0.15) is 0 Å². The summed E-state index contributed by atoms with van der Waals surface area (Å²) in [5.74, 6) is 0.107. The Morgan fingerprint density at radius 3 is 2.57 bits per heavy atom. The lowest BCUT2D eigenvalue weighted by Crippen LogP contribution is -2.26. The van der Waals surface area contributed by atoms with E-state index >= 15 is 0 Å². The molecule has 2 rings (SSSR count). The largest absolute Gasteiger partial charge is 0.497 e. The van der Waals surface area contributed by atoms with E-state index < -0.39 is 11.7 Å². The number of methoxy groups -OCH3 is 2. The predicted octanol–water partition coefficient (Wildman–Crippen LogP) is 3.12. The number of carbonyl (C=O) groups excluding carboxylic acids is 1. The molecule has 2 aromatic carbocycles. The van der Waals surface area contributed by atoms with Crippen molar-refractivity contribution in [1.82, 2.24) is 5.32 Å². The molecule has 0 radical (unpaired) electrons. The molecular formula is C18H20FNO3. The summed E-state index contributed by atoms with van der Waals surface area (Å²) in [5, 5.41) is 2.72. The molecular weight excluding hydrogens is 297 g/mol. The Morgan fingerprint density at radius 1 is 1.13 bits per heavy atom. The minimum absolute atomic E-state index is 0.00186. The maximum Gasteiger partial charge on any atom is 0.254 e. The first-order valence-corrected chi connectivity index (χ1v) is 7.30. The molecule has 0 saturated carbocycles. The van der Waals surface area contributed by atoms with E-state index in [9.17, 15) is 9.18 Å². The van der Waals surface area contributed by atoms with E-state index in [2.05, 4.69) is 5.32 Å². The summed E-state index contributed by atoms with van der Waals surface area (Å²) < 4.78 is 24.1. The van der Waals surface area contributed by atoms with Gasteiger partial charge in [0.1, 0.15) is 17.3 Å². The standard InChI is InChI=1S/C18H20FNO3/c1-12-4-7-17(23-3)13(10-12)8-9-20-18(21)15-6-5-14(22-2)11-16(15)19/h4-7,10-11H,8-9H2,1-3H3,(H,20,21). The molecule has 23 heavy (non-hydrogen) atoms. The lowest BCUT2D eigenvalue weighted by atomic mass is 10.1. The maximum absolute atomic E-state index is 13.8. The van der Waals surface area contributed by atoms with Crippen molar-refractivity contribution in [2.45, 2.75) is 13.3 Å². The number of amides is 1. The Morgan fingerprint density at radius 2 is 1.91 bits per heavy atom. The third-order valence-electron chi connectivity index (χ3n) is 3.54. The first-order valence-electron chi connectivity index (χ1n) is 7.30. The predicted molar refractivity (Wildman–Crippen MR) is 86.7 cm³/mol. The minimum Gasteiger partial charge on any atom is -0.497 e. The number of benzene rings is 2. The van der Waals surface area contributed by atoms with Crippen molar-refractivity contribution in [3.63, 3.8) is 0 Å². The van der Waals surface area contributed by atoms with E-state index in [0.29, 0.717) is 18.7 Å². The molecule has 0 aliphatic carbocycles. The van der Waals surface area contributed by atoms with Crippen LogP contribution in [0.2, 0.25) is 0 Å². The van der Waals surface area contributed by atoms with Gasteiger partial charge in [-0.15, -0.1) is 0 Å². The molecule has 0 bridgehead atoms. The number of rotatable bonds is 6. The number of halogens is 1. The van der Waals surface area contributed by atoms with Crippen LogP contribution in [0.25, 0.3) is 0 Å². The lowest BCUT2D eigenvalue weighted by molar-refractivity contribution is 0.0950. The van der Waals surface area contributed by atoms with Gasteiger partial charge < -0.3 is 14.8 Å². The number of hydrogen-bond acceptors (Lipinski definition) is 3. The van der Waals surface area contributed by atoms with Crippen molar-refractivity contribution in [1.29, 1.82) is 0 Å². The van der Waals surface area contributed by atoms with Crippen LogP contribution in [0.4, 0.5) is 4.39 Å². The molecule has 2 aromatic rings. The number of hydrogen-bond donors (Lipinski definition) is 1. The molecule has 0 aliphatic heterocycles. The summed E-state index contributed by atoms with van der Waals surface area (Å²) >= 11 is 0. The van der Waals surface area contributed by atoms with Crippen molar-refractivity contribution in [2.24, 2.45) is 0 Å². The molecule has 122 valence electrons. The zero-order valence-corrected chi connectivity index (χ0v) is 13.5. The molecule has 5 heteroatoms. The zero-order chi connectivity index (χ0) is 16.8. The van der Waals surface area contributed by atoms with Gasteiger partial charge in [0.15, 0.2) is 0 Å². The second-order valence-electron chi connectivity index (χ2n) is 5.17. The Labute approximate surface area is 135 Å². The minimum atomic E-state index is -0.602. The average Bonchev–Trinajstić information content (AvgIpc) is 2.54. The van der Waals surface area contributed by atoms with Crippen molar-refractivity contribution in [3.05, 3.63) is 58.9 Å². The molecule has 1 amide bonds. The number of carbonyl (C=O) groups is 1. The topological polar surface area (TPSA) is 47.6 Å². The average molecular weight is 317 g/mol. The van der Waals surface area contributed by atoms with E-state index in [0.717, 1.165) is 16.9 Å². The van der Waals surface area contributed by atoms with E-state index in [1.165, 1.54) is 19.2 Å². The highest BCUT2D eigenvalue weighted by Crippen LogP contribution is 2.20. The van der Waals surface area contributed by atoms with Crippen molar-refractivity contribution in [2.75, 3.05) is 20.8 Å². The Balaban J connectivity index is 1.99. The highest BCUT2D eigenvalue weighted by molar-refractivity contribution is 5.94. The van der Waals surface area contributed by atoms with Gasteiger partial charge >= 0.3 is 0 Å². The van der Waals surface area contributed by atoms with Crippen molar-refractivity contribution < 1.29 is 18.7 Å². The van der Waals surface area contributed by atoms with Gasteiger partial charge in [-0.05, 0) is 37.1 Å². The number of nitrogens with one attached hydrogen (secondary N) is 1. The summed E-state index contributed by atoms with van der Waals surface area (Å²) in [6.07, 6.45) is 0.606. The highest BCUT2D eigenvalue weighted by atomic mass is 19.1. The molecule has 0 unspecified atom stereocenters. The van der Waals surface area contributed by atoms with Gasteiger partial charge in [0.2, 0.25) is 0 Å². The van der Waals surface area contributed by atoms with Gasteiger partial charge in [0.05, 0.1) is 19.8 Å². The van der Waals surface area contributed by atoms with Crippen LogP contribution in [0.3, 0.4) is 0 Å². The monoisotopic (exact) mass is 317 g/mol. The molecule has 1 N–H and O–H groups in total. The number of aryl methyl sites for hydroxylation is 1. The van der Waals surface area contributed by atoms with Gasteiger partial charge in [0, 0.05) is 12.6 Å². The van der Waals surface area contributed by atoms with E-state index in [1.807, 2.05) is 25.1 Å². The fourth-order valence-corrected chi connectivity index (χ4v) is 2.32. The third kappa shape index (κ3) is 4.22.